The van der Waals surface area contributed by atoms with E-state index in [1.165, 1.54) is 11.3 Å². The minimum Gasteiger partial charge on any atom is -0.369 e. The smallest absolute Gasteiger partial charge is 0.369 e. The van der Waals surface area contributed by atoms with Crippen LogP contribution in [0.4, 0.5) is 19.0 Å². The summed E-state index contributed by atoms with van der Waals surface area (Å²) in [7, 11) is 0. The number of nitrogens with two attached hydrogens (primary N) is 1. The van der Waals surface area contributed by atoms with E-state index in [4.69, 9.17) is 5.73 Å². The minimum atomic E-state index is -4.41. The van der Waals surface area contributed by atoms with Crippen LogP contribution in [0.2, 0.25) is 0 Å². The molecule has 1 aromatic carbocycles. The Labute approximate surface area is 232 Å². The van der Waals surface area contributed by atoms with Gasteiger partial charge >= 0.3 is 6.18 Å². The number of amides is 1. The first-order valence-electron chi connectivity index (χ1n) is 13.1. The van der Waals surface area contributed by atoms with Crippen molar-refractivity contribution in [3.63, 3.8) is 0 Å². The normalized spacial score (nSPS) is 19.8. The molecule has 8 nitrogen and oxygen atoms in total. The predicted molar refractivity (Wildman–Crippen MR) is 147 cm³/mol. The number of nitrogens with zero attached hydrogens (tertiary/aromatic N) is 6. The van der Waals surface area contributed by atoms with Crippen molar-refractivity contribution in [3.8, 4) is 6.07 Å². The molecule has 1 atom stereocenters. The molecular formula is C28H28F3N7OS. The maximum atomic E-state index is 13.2. The van der Waals surface area contributed by atoms with Crippen molar-refractivity contribution in [2.75, 3.05) is 31.1 Å². The van der Waals surface area contributed by atoms with Gasteiger partial charge in [0, 0.05) is 47.4 Å². The standard InChI is InChI=1S/C28H28F3N7OS/c1-17-18(2-3-23-21(17)8-19(11-32)38(23)15-28(29,30)31)12-36-6-4-27(13-36)5-7-37(14-27)25-22-9-20(10-24(33)39)40-26(22)35-16-34-25/h2-3,8-9,16H,4-7,10,12-15H2,1H3,(H2,33,39)/t27-/m1/s1. The molecule has 2 aliphatic heterocycles. The van der Waals surface area contributed by atoms with Crippen molar-refractivity contribution in [2.45, 2.75) is 45.5 Å². The lowest BCUT2D eigenvalue weighted by molar-refractivity contribution is -0.140. The lowest BCUT2D eigenvalue weighted by Gasteiger charge is -2.25. The van der Waals surface area contributed by atoms with E-state index in [0.29, 0.717) is 17.4 Å². The Hall–Kier alpha value is -3.69. The van der Waals surface area contributed by atoms with Crippen molar-refractivity contribution < 1.29 is 18.0 Å². The number of hydrogen-bond donors (Lipinski definition) is 1. The number of alkyl halides is 3. The Morgan fingerprint density at radius 3 is 2.73 bits per heavy atom. The molecule has 3 aromatic heterocycles. The summed E-state index contributed by atoms with van der Waals surface area (Å²) in [4.78, 5) is 26.9. The Kier molecular flexibility index (Phi) is 6.46. The second kappa shape index (κ2) is 9.74. The molecule has 0 radical (unpaired) electrons. The quantitative estimate of drug-likeness (QED) is 0.368. The number of primary amides is 1. The Bertz CT molecular complexity index is 1670. The van der Waals surface area contributed by atoms with Crippen molar-refractivity contribution in [1.29, 1.82) is 5.26 Å². The molecule has 1 spiro atoms. The summed E-state index contributed by atoms with van der Waals surface area (Å²) in [6.07, 6.45) is -0.550. The molecule has 0 saturated carbocycles. The molecule has 1 amide bonds. The van der Waals surface area contributed by atoms with Crippen LogP contribution in [0.25, 0.3) is 21.1 Å². The molecule has 208 valence electrons. The number of nitriles is 1. The van der Waals surface area contributed by atoms with Crippen LogP contribution >= 0.6 is 11.3 Å². The number of likely N-dealkylation sites (tertiary alicyclic amines) is 1. The van der Waals surface area contributed by atoms with Gasteiger partial charge in [-0.1, -0.05) is 6.07 Å². The fourth-order valence-corrected chi connectivity index (χ4v) is 7.39. The summed E-state index contributed by atoms with van der Waals surface area (Å²) in [5.41, 5.74) is 7.94. The van der Waals surface area contributed by atoms with E-state index in [2.05, 4.69) is 19.8 Å². The third kappa shape index (κ3) is 4.88. The number of carbonyl (C=O) groups is 1. The Morgan fingerprint density at radius 1 is 1.18 bits per heavy atom. The third-order valence-corrected chi connectivity index (χ3v) is 9.32. The highest BCUT2D eigenvalue weighted by molar-refractivity contribution is 7.18. The maximum Gasteiger partial charge on any atom is 0.406 e. The molecule has 2 aliphatic rings. The summed E-state index contributed by atoms with van der Waals surface area (Å²) < 4.78 is 40.5. The van der Waals surface area contributed by atoms with Crippen molar-refractivity contribution in [1.82, 2.24) is 19.4 Å². The minimum absolute atomic E-state index is 0.0185. The van der Waals surface area contributed by atoms with Gasteiger partial charge in [0.05, 0.1) is 11.8 Å². The van der Waals surface area contributed by atoms with E-state index in [-0.39, 0.29) is 23.4 Å². The number of anilines is 1. The zero-order chi connectivity index (χ0) is 28.2. The first-order chi connectivity index (χ1) is 19.0. The van der Waals surface area contributed by atoms with Crippen LogP contribution in [0.3, 0.4) is 0 Å². The Balaban J connectivity index is 1.18. The topological polar surface area (TPSA) is 104 Å². The Morgan fingerprint density at radius 2 is 1.98 bits per heavy atom. The second-order valence-corrected chi connectivity index (χ2v) is 12.1. The van der Waals surface area contributed by atoms with E-state index in [1.807, 2.05) is 25.1 Å². The van der Waals surface area contributed by atoms with Crippen molar-refractivity contribution >= 4 is 44.2 Å². The van der Waals surface area contributed by atoms with Gasteiger partial charge in [-0.25, -0.2) is 9.97 Å². The van der Waals surface area contributed by atoms with Gasteiger partial charge in [-0.15, -0.1) is 11.3 Å². The lowest BCUT2D eigenvalue weighted by Crippen LogP contribution is -2.31. The van der Waals surface area contributed by atoms with Crippen LogP contribution in [0.5, 0.6) is 0 Å². The largest absolute Gasteiger partial charge is 0.406 e. The fraction of sp³-hybridized carbons (Fsp3) is 0.429. The SMILES string of the molecule is Cc1c(CN2CC[C@@]3(CCN(c4ncnc5sc(CC(N)=O)cc45)C3)C2)ccc2c1cc(C#N)n2CC(F)(F)F. The number of fused-ring (bicyclic) bond motifs is 2. The van der Waals surface area contributed by atoms with Gasteiger partial charge in [0.15, 0.2) is 0 Å². The highest BCUT2D eigenvalue weighted by Crippen LogP contribution is 2.43. The van der Waals surface area contributed by atoms with E-state index in [9.17, 15) is 23.2 Å². The van der Waals surface area contributed by atoms with Gasteiger partial charge in [0.2, 0.25) is 5.91 Å². The van der Waals surface area contributed by atoms with Gasteiger partial charge in [-0.3, -0.25) is 9.69 Å². The van der Waals surface area contributed by atoms with Crippen LogP contribution in [-0.2, 0) is 24.3 Å². The summed E-state index contributed by atoms with van der Waals surface area (Å²) >= 11 is 1.47. The number of benzene rings is 1. The lowest BCUT2D eigenvalue weighted by atomic mass is 9.86. The molecule has 2 N–H and O–H groups in total. The number of aryl methyl sites for hydroxylation is 1. The van der Waals surface area contributed by atoms with Crippen LogP contribution in [0, 0.1) is 23.7 Å². The molecule has 6 rings (SSSR count). The predicted octanol–water partition coefficient (Wildman–Crippen LogP) is 4.52. The average Bonchev–Trinajstić information content (AvgIpc) is 3.66. The highest BCUT2D eigenvalue weighted by atomic mass is 32.1. The first kappa shape index (κ1) is 26.5. The number of rotatable bonds is 6. The summed E-state index contributed by atoms with van der Waals surface area (Å²) in [5, 5.41) is 11.1. The molecular weight excluding hydrogens is 539 g/mol. The summed E-state index contributed by atoms with van der Waals surface area (Å²) in [6, 6.07) is 9.07. The molecule has 0 bridgehead atoms. The van der Waals surface area contributed by atoms with Crippen LogP contribution < -0.4 is 10.6 Å². The molecule has 12 heteroatoms. The molecule has 40 heavy (non-hydrogen) atoms. The molecule has 5 heterocycles. The maximum absolute atomic E-state index is 13.2. The summed E-state index contributed by atoms with van der Waals surface area (Å²) in [6.45, 7) is 5.06. The van der Waals surface area contributed by atoms with Gasteiger partial charge < -0.3 is 15.2 Å². The molecule has 2 fully saturated rings. The third-order valence-electron chi connectivity index (χ3n) is 8.28. The van der Waals surface area contributed by atoms with Gasteiger partial charge in [0.25, 0.3) is 0 Å². The van der Waals surface area contributed by atoms with E-state index >= 15 is 0 Å². The average molecular weight is 568 g/mol. The van der Waals surface area contributed by atoms with Crippen LogP contribution in [0.15, 0.2) is 30.6 Å². The highest BCUT2D eigenvalue weighted by Gasteiger charge is 2.44. The number of thiophene rings is 1. The van der Waals surface area contributed by atoms with Crippen molar-refractivity contribution in [3.05, 3.63) is 52.3 Å². The van der Waals surface area contributed by atoms with E-state index < -0.39 is 12.7 Å². The second-order valence-electron chi connectivity index (χ2n) is 11.0. The van der Waals surface area contributed by atoms with Crippen LogP contribution in [0.1, 0.15) is 34.5 Å². The zero-order valence-electron chi connectivity index (χ0n) is 22.0. The van der Waals surface area contributed by atoms with Gasteiger partial charge in [-0.2, -0.15) is 18.4 Å². The fourth-order valence-electron chi connectivity index (χ4n) is 6.39. The van der Waals surface area contributed by atoms with Gasteiger partial charge in [-0.05, 0) is 55.6 Å². The molecule has 0 unspecified atom stereocenters. The monoisotopic (exact) mass is 567 g/mol. The van der Waals surface area contributed by atoms with Crippen molar-refractivity contribution in [2.24, 2.45) is 11.1 Å². The molecule has 2 saturated heterocycles. The molecule has 0 aliphatic carbocycles. The van der Waals surface area contributed by atoms with E-state index in [0.717, 1.165) is 75.6 Å². The number of halogens is 3. The van der Waals surface area contributed by atoms with Gasteiger partial charge in [0.1, 0.15) is 35.3 Å². The number of aromatic nitrogens is 3. The first-order valence-corrected chi connectivity index (χ1v) is 13.9. The molecule has 4 aromatic rings. The number of carbonyl (C=O) groups excluding carboxylic acids is 1. The van der Waals surface area contributed by atoms with Crippen LogP contribution in [-0.4, -0.2) is 57.7 Å². The number of hydrogen-bond acceptors (Lipinski definition) is 7. The summed E-state index contributed by atoms with van der Waals surface area (Å²) in [5.74, 6) is 0.524. The van der Waals surface area contributed by atoms with E-state index in [1.54, 1.807) is 18.5 Å². The zero-order valence-corrected chi connectivity index (χ0v) is 22.8.